The summed E-state index contributed by atoms with van der Waals surface area (Å²) in [7, 11) is 1.76. The summed E-state index contributed by atoms with van der Waals surface area (Å²) in [6.07, 6.45) is 1.82. The SMILES string of the molecule is CCC(CC)(OC)c1nc(CN)c(-c2ccccc2)s1. The van der Waals surface area contributed by atoms with Crippen LogP contribution in [-0.2, 0) is 16.9 Å². The number of hydrogen-bond donors (Lipinski definition) is 1. The van der Waals surface area contributed by atoms with E-state index in [1.54, 1.807) is 18.4 Å². The molecule has 20 heavy (non-hydrogen) atoms. The minimum Gasteiger partial charge on any atom is -0.371 e. The largest absolute Gasteiger partial charge is 0.371 e. The maximum atomic E-state index is 5.87. The molecule has 2 rings (SSSR count). The van der Waals surface area contributed by atoms with Gasteiger partial charge in [-0.1, -0.05) is 44.2 Å². The Morgan fingerprint density at radius 1 is 1.20 bits per heavy atom. The molecular weight excluding hydrogens is 268 g/mol. The topological polar surface area (TPSA) is 48.1 Å². The van der Waals surface area contributed by atoms with Crippen molar-refractivity contribution in [1.82, 2.24) is 4.98 Å². The first kappa shape index (κ1) is 15.2. The van der Waals surface area contributed by atoms with Crippen LogP contribution in [0.5, 0.6) is 0 Å². The lowest BCUT2D eigenvalue weighted by Gasteiger charge is -2.27. The molecule has 4 heteroatoms. The lowest BCUT2D eigenvalue weighted by atomic mass is 9.98. The van der Waals surface area contributed by atoms with Gasteiger partial charge in [-0.05, 0) is 18.4 Å². The molecule has 0 amide bonds. The second kappa shape index (κ2) is 6.48. The Morgan fingerprint density at radius 2 is 1.85 bits per heavy atom. The van der Waals surface area contributed by atoms with Crippen molar-refractivity contribution < 1.29 is 4.74 Å². The number of hydrogen-bond acceptors (Lipinski definition) is 4. The molecule has 0 atom stereocenters. The van der Waals surface area contributed by atoms with Gasteiger partial charge in [-0.2, -0.15) is 0 Å². The smallest absolute Gasteiger partial charge is 0.126 e. The third-order valence-corrected chi connectivity index (χ3v) is 5.18. The maximum absolute atomic E-state index is 5.87. The van der Waals surface area contributed by atoms with Gasteiger partial charge in [0, 0.05) is 13.7 Å². The Hall–Kier alpha value is -1.23. The molecule has 0 aliphatic rings. The van der Waals surface area contributed by atoms with Gasteiger partial charge in [-0.3, -0.25) is 0 Å². The van der Waals surface area contributed by atoms with Crippen molar-refractivity contribution in [1.29, 1.82) is 0 Å². The predicted octanol–water partition coefficient (Wildman–Crippen LogP) is 3.93. The van der Waals surface area contributed by atoms with Crippen LogP contribution >= 0.6 is 11.3 Å². The first-order chi connectivity index (χ1) is 9.70. The highest BCUT2D eigenvalue weighted by Crippen LogP contribution is 2.40. The number of rotatable bonds is 6. The van der Waals surface area contributed by atoms with Gasteiger partial charge in [0.15, 0.2) is 0 Å². The Labute approximate surface area is 124 Å². The van der Waals surface area contributed by atoms with Crippen molar-refractivity contribution >= 4 is 11.3 Å². The van der Waals surface area contributed by atoms with Crippen LogP contribution in [0.3, 0.4) is 0 Å². The van der Waals surface area contributed by atoms with Crippen LogP contribution in [0.25, 0.3) is 10.4 Å². The summed E-state index contributed by atoms with van der Waals surface area (Å²) in [5.74, 6) is 0. The van der Waals surface area contributed by atoms with Gasteiger partial charge in [0.05, 0.1) is 10.6 Å². The van der Waals surface area contributed by atoms with E-state index in [1.807, 2.05) is 18.2 Å². The molecule has 0 radical (unpaired) electrons. The summed E-state index contributed by atoms with van der Waals surface area (Å²) in [4.78, 5) is 5.92. The number of nitrogens with zero attached hydrogens (tertiary/aromatic N) is 1. The van der Waals surface area contributed by atoms with Crippen molar-refractivity contribution in [3.05, 3.63) is 41.0 Å². The molecular formula is C16H22N2OS. The first-order valence-electron chi connectivity index (χ1n) is 7.01. The molecule has 2 N–H and O–H groups in total. The zero-order valence-electron chi connectivity index (χ0n) is 12.3. The first-order valence-corrected chi connectivity index (χ1v) is 7.83. The van der Waals surface area contributed by atoms with Crippen LogP contribution in [0.15, 0.2) is 30.3 Å². The van der Waals surface area contributed by atoms with E-state index in [0.29, 0.717) is 6.54 Å². The van der Waals surface area contributed by atoms with Gasteiger partial charge in [-0.25, -0.2) is 4.98 Å². The average molecular weight is 290 g/mol. The quantitative estimate of drug-likeness (QED) is 0.877. The number of aromatic nitrogens is 1. The molecule has 0 spiro atoms. The van der Waals surface area contributed by atoms with E-state index in [1.165, 1.54) is 5.56 Å². The second-order valence-electron chi connectivity index (χ2n) is 4.77. The standard InChI is InChI=1S/C16H22N2OS/c1-4-16(5-2,19-3)15-18-13(11-17)14(20-15)12-9-7-6-8-10-12/h6-10H,4-5,11,17H2,1-3H3. The molecule has 1 aromatic carbocycles. The minimum absolute atomic E-state index is 0.290. The van der Waals surface area contributed by atoms with Crippen LogP contribution in [0, 0.1) is 0 Å². The van der Waals surface area contributed by atoms with Gasteiger partial charge >= 0.3 is 0 Å². The van der Waals surface area contributed by atoms with Gasteiger partial charge in [-0.15, -0.1) is 11.3 Å². The van der Waals surface area contributed by atoms with Crippen LogP contribution in [0.2, 0.25) is 0 Å². The van der Waals surface area contributed by atoms with Crippen molar-refractivity contribution in [3.8, 4) is 10.4 Å². The van der Waals surface area contributed by atoms with Crippen molar-refractivity contribution in [3.63, 3.8) is 0 Å². The minimum atomic E-state index is -0.290. The van der Waals surface area contributed by atoms with Crippen LogP contribution in [-0.4, -0.2) is 12.1 Å². The van der Waals surface area contributed by atoms with Crippen molar-refractivity contribution in [2.24, 2.45) is 5.73 Å². The summed E-state index contributed by atoms with van der Waals surface area (Å²) in [5, 5.41) is 1.03. The molecule has 2 aromatic rings. The predicted molar refractivity (Wildman–Crippen MR) is 84.7 cm³/mol. The zero-order chi connectivity index (χ0) is 14.6. The molecule has 0 fully saturated rings. The highest BCUT2D eigenvalue weighted by Gasteiger charge is 2.32. The normalized spacial score (nSPS) is 11.8. The average Bonchev–Trinajstić information content (AvgIpc) is 2.95. The van der Waals surface area contributed by atoms with E-state index in [-0.39, 0.29) is 5.60 Å². The fraction of sp³-hybridized carbons (Fsp3) is 0.438. The highest BCUT2D eigenvalue weighted by molar-refractivity contribution is 7.15. The molecule has 0 bridgehead atoms. The number of benzene rings is 1. The third kappa shape index (κ3) is 2.64. The van der Waals surface area contributed by atoms with E-state index in [2.05, 4.69) is 26.0 Å². The van der Waals surface area contributed by atoms with E-state index in [4.69, 9.17) is 15.5 Å². The molecule has 3 nitrogen and oxygen atoms in total. The Kier molecular flexibility index (Phi) is 4.91. The summed E-state index contributed by atoms with van der Waals surface area (Å²) in [5.41, 5.74) is 7.72. The summed E-state index contributed by atoms with van der Waals surface area (Å²) >= 11 is 1.70. The Balaban J connectivity index is 2.51. The van der Waals surface area contributed by atoms with E-state index < -0.39 is 0 Å². The van der Waals surface area contributed by atoms with E-state index >= 15 is 0 Å². The van der Waals surface area contributed by atoms with Crippen LogP contribution < -0.4 is 5.73 Å². The summed E-state index contributed by atoms with van der Waals surface area (Å²) < 4.78 is 5.78. The number of thiazole rings is 1. The van der Waals surface area contributed by atoms with Crippen LogP contribution in [0.1, 0.15) is 37.4 Å². The summed E-state index contributed by atoms with van der Waals surface area (Å²) in [6, 6.07) is 10.3. The number of methoxy groups -OCH3 is 1. The Bertz CT molecular complexity index is 539. The third-order valence-electron chi connectivity index (χ3n) is 3.85. The monoisotopic (exact) mass is 290 g/mol. The molecule has 1 heterocycles. The summed E-state index contributed by atoms with van der Waals surface area (Å²) in [6.45, 7) is 4.73. The molecule has 1 aromatic heterocycles. The molecule has 0 saturated carbocycles. The van der Waals surface area contributed by atoms with Gasteiger partial charge in [0.25, 0.3) is 0 Å². The maximum Gasteiger partial charge on any atom is 0.126 e. The van der Waals surface area contributed by atoms with Gasteiger partial charge < -0.3 is 10.5 Å². The van der Waals surface area contributed by atoms with Gasteiger partial charge in [0.1, 0.15) is 10.6 Å². The molecule has 0 unspecified atom stereocenters. The highest BCUT2D eigenvalue weighted by atomic mass is 32.1. The molecule has 108 valence electrons. The fourth-order valence-corrected chi connectivity index (χ4v) is 3.84. The molecule has 0 saturated heterocycles. The lowest BCUT2D eigenvalue weighted by molar-refractivity contribution is -0.0219. The second-order valence-corrected chi connectivity index (χ2v) is 5.77. The fourth-order valence-electron chi connectivity index (χ4n) is 2.43. The lowest BCUT2D eigenvalue weighted by Crippen LogP contribution is -2.26. The Morgan fingerprint density at radius 3 is 2.35 bits per heavy atom. The zero-order valence-corrected chi connectivity index (χ0v) is 13.2. The van der Waals surface area contributed by atoms with E-state index in [9.17, 15) is 0 Å². The van der Waals surface area contributed by atoms with Crippen LogP contribution in [0.4, 0.5) is 0 Å². The number of nitrogens with two attached hydrogens (primary N) is 1. The molecule has 0 aliphatic heterocycles. The van der Waals surface area contributed by atoms with E-state index in [0.717, 1.165) is 28.4 Å². The van der Waals surface area contributed by atoms with Gasteiger partial charge in [0.2, 0.25) is 0 Å². The molecule has 0 aliphatic carbocycles. The van der Waals surface area contributed by atoms with Crippen molar-refractivity contribution in [2.45, 2.75) is 38.8 Å². The van der Waals surface area contributed by atoms with Crippen molar-refractivity contribution in [2.75, 3.05) is 7.11 Å². The number of ether oxygens (including phenoxy) is 1.